The second-order valence-corrected chi connectivity index (χ2v) is 14.7. The number of nitrogens with zero attached hydrogens (tertiary/aromatic N) is 3. The van der Waals surface area contributed by atoms with Crippen molar-refractivity contribution in [3.63, 3.8) is 0 Å². The summed E-state index contributed by atoms with van der Waals surface area (Å²) in [5.41, 5.74) is 2.44. The Morgan fingerprint density at radius 2 is 2.10 bits per heavy atom. The molecule has 0 radical (unpaired) electrons. The number of rotatable bonds is 1. The normalized spacial score (nSPS) is 34.3. The van der Waals surface area contributed by atoms with Gasteiger partial charge in [0.2, 0.25) is 0 Å². The molecule has 6 atom stereocenters. The monoisotopic (exact) mass is 598 g/mol. The van der Waals surface area contributed by atoms with Crippen LogP contribution in [0.25, 0.3) is 0 Å². The maximum absolute atomic E-state index is 13.2. The topological polar surface area (TPSA) is 107 Å². The first-order valence-corrected chi connectivity index (χ1v) is 16.7. The molecule has 6 rings (SSSR count). The largest absolute Gasteiger partial charge is 0.489 e. The number of benzene rings is 1. The van der Waals surface area contributed by atoms with Gasteiger partial charge in [-0.25, -0.2) is 14.3 Å². The van der Waals surface area contributed by atoms with Crippen molar-refractivity contribution >= 4 is 33.2 Å². The van der Waals surface area contributed by atoms with Crippen molar-refractivity contribution in [2.75, 3.05) is 37.5 Å². The van der Waals surface area contributed by atoms with Crippen molar-refractivity contribution in [3.8, 4) is 5.75 Å². The van der Waals surface area contributed by atoms with E-state index in [1.807, 2.05) is 13.0 Å². The lowest BCUT2D eigenvalue weighted by molar-refractivity contribution is 0.0131. The highest BCUT2D eigenvalue weighted by Gasteiger charge is 2.44. The number of ether oxygens (including phenoxy) is 2. The number of halogens is 1. The molecule has 4 aliphatic rings. The van der Waals surface area contributed by atoms with Gasteiger partial charge in [0, 0.05) is 36.4 Å². The first-order chi connectivity index (χ1) is 19.7. The number of hydrogen-bond acceptors (Lipinski definition) is 6. The Bertz CT molecular complexity index is 1490. The summed E-state index contributed by atoms with van der Waals surface area (Å²) in [5.74, 6) is 1.51. The standard InChI is InChI=1S/C31H39ClN4O4S/c1-20-5-3-7-27(39-2)24-10-8-22(24)16-36-18-31(14-4-6-21-15-23(32)9-11-25(21)31)19-40-28-13-12-26(34-29(28)36)30(37)35-41(33,38)17-20/h3,7,9,11-13,15,20,22,24,27H,4-6,8,10,14,16-19H2,1-2H3,(H2,33,35,37,38)/b7-3+/t20-,22-,24+,27-,31-,41+/m0/s1. The fourth-order valence-electron chi connectivity index (χ4n) is 7.18. The zero-order chi connectivity index (χ0) is 28.8. The van der Waals surface area contributed by atoms with Crippen LogP contribution in [0.4, 0.5) is 5.82 Å². The highest BCUT2D eigenvalue weighted by atomic mass is 35.5. The zero-order valence-electron chi connectivity index (χ0n) is 23.8. The summed E-state index contributed by atoms with van der Waals surface area (Å²) in [6.45, 7) is 3.96. The van der Waals surface area contributed by atoms with Crippen LogP contribution in [0.15, 0.2) is 46.8 Å². The molecular weight excluding hydrogens is 560 g/mol. The number of fused-ring (bicyclic) bond motifs is 4. The van der Waals surface area contributed by atoms with Gasteiger partial charge in [0.1, 0.15) is 15.6 Å². The van der Waals surface area contributed by atoms with E-state index in [9.17, 15) is 9.00 Å². The smallest absolute Gasteiger partial charge is 0.304 e. The molecule has 2 aliphatic heterocycles. The molecular formula is C31H39ClN4O4S. The van der Waals surface area contributed by atoms with Crippen LogP contribution >= 0.6 is 11.6 Å². The second kappa shape index (κ2) is 11.3. The number of anilines is 1. The Kier molecular flexibility index (Phi) is 7.91. The van der Waals surface area contributed by atoms with Crippen LogP contribution in [0.2, 0.25) is 5.02 Å². The van der Waals surface area contributed by atoms with E-state index in [0.717, 1.165) is 43.7 Å². The number of carbonyl (C=O) groups is 1. The molecule has 3 heterocycles. The Balaban J connectivity index is 1.44. The van der Waals surface area contributed by atoms with Crippen molar-refractivity contribution in [1.82, 2.24) is 4.98 Å². The molecule has 2 aromatic rings. The number of amides is 1. The first kappa shape index (κ1) is 28.6. The minimum absolute atomic E-state index is 0.00348. The van der Waals surface area contributed by atoms with Crippen LogP contribution in [0, 0.1) is 17.8 Å². The molecule has 0 unspecified atom stereocenters. The molecule has 1 spiro atoms. The van der Waals surface area contributed by atoms with E-state index in [2.05, 4.69) is 33.5 Å². The zero-order valence-corrected chi connectivity index (χ0v) is 25.3. The van der Waals surface area contributed by atoms with E-state index in [1.54, 1.807) is 19.2 Å². The highest BCUT2D eigenvalue weighted by Crippen LogP contribution is 2.46. The molecule has 1 aromatic heterocycles. The van der Waals surface area contributed by atoms with Gasteiger partial charge in [-0.1, -0.05) is 36.7 Å². The number of hydrogen-bond donors (Lipinski definition) is 1. The van der Waals surface area contributed by atoms with Crippen molar-refractivity contribution in [2.24, 2.45) is 27.3 Å². The van der Waals surface area contributed by atoms with Crippen LogP contribution in [-0.4, -0.2) is 53.8 Å². The lowest BCUT2D eigenvalue weighted by atomic mass is 9.68. The molecule has 8 nitrogen and oxygen atoms in total. The van der Waals surface area contributed by atoms with Crippen molar-refractivity contribution < 1.29 is 18.5 Å². The van der Waals surface area contributed by atoms with Gasteiger partial charge in [-0.2, -0.15) is 0 Å². The molecule has 1 saturated carbocycles. The van der Waals surface area contributed by atoms with E-state index < -0.39 is 15.8 Å². The van der Waals surface area contributed by atoms with Crippen molar-refractivity contribution in [2.45, 2.75) is 57.0 Å². The van der Waals surface area contributed by atoms with Crippen LogP contribution in [0.5, 0.6) is 5.75 Å². The predicted octanol–water partition coefficient (Wildman–Crippen LogP) is 5.33. The number of pyridine rings is 1. The third kappa shape index (κ3) is 5.78. The molecule has 2 aliphatic carbocycles. The number of nitrogens with two attached hydrogens (primary N) is 1. The minimum Gasteiger partial charge on any atom is -0.489 e. The molecule has 10 heteroatoms. The number of carbonyl (C=O) groups excluding carboxylic acids is 1. The van der Waals surface area contributed by atoms with Crippen LogP contribution < -0.4 is 14.8 Å². The lowest BCUT2D eigenvalue weighted by Crippen LogP contribution is -2.49. The van der Waals surface area contributed by atoms with Crippen LogP contribution in [0.1, 0.15) is 60.6 Å². The van der Waals surface area contributed by atoms with Gasteiger partial charge >= 0.3 is 5.91 Å². The number of aryl methyl sites for hydroxylation is 1. The summed E-state index contributed by atoms with van der Waals surface area (Å²) < 4.78 is 29.6. The average molecular weight is 599 g/mol. The van der Waals surface area contributed by atoms with Gasteiger partial charge < -0.3 is 14.4 Å². The summed E-state index contributed by atoms with van der Waals surface area (Å²) >= 11 is 6.39. The van der Waals surface area contributed by atoms with E-state index in [4.69, 9.17) is 31.2 Å². The van der Waals surface area contributed by atoms with Gasteiger partial charge in [-0.05, 0) is 91.7 Å². The number of methoxy groups -OCH3 is 1. The fraction of sp³-hybridized carbons (Fsp3) is 0.548. The third-order valence-electron chi connectivity index (χ3n) is 9.35. The van der Waals surface area contributed by atoms with Gasteiger partial charge in [0.05, 0.1) is 12.7 Å². The summed E-state index contributed by atoms with van der Waals surface area (Å²) in [7, 11) is -1.45. The molecule has 2 N–H and O–H groups in total. The summed E-state index contributed by atoms with van der Waals surface area (Å²) in [6, 6.07) is 9.62. The lowest BCUT2D eigenvalue weighted by Gasteiger charge is -2.45. The van der Waals surface area contributed by atoms with E-state index >= 15 is 0 Å². The molecule has 1 fully saturated rings. The van der Waals surface area contributed by atoms with E-state index in [1.165, 1.54) is 11.1 Å². The Hall–Kier alpha value is -2.46. The molecule has 1 amide bonds. The first-order valence-electron chi connectivity index (χ1n) is 14.6. The minimum atomic E-state index is -3.22. The maximum Gasteiger partial charge on any atom is 0.304 e. The Morgan fingerprint density at radius 1 is 1.24 bits per heavy atom. The van der Waals surface area contributed by atoms with E-state index in [-0.39, 0.29) is 28.9 Å². The molecule has 1 aromatic carbocycles. The SMILES string of the molecule is CO[C@H]1/C=C/C[C@H](C)C[S@](N)(=O)=NC(=O)c2ccc3c(n2)N(C[C@@H]2CC[C@H]21)C[C@@]1(CCCc2cc(Cl)ccc21)CO3. The van der Waals surface area contributed by atoms with E-state index in [0.29, 0.717) is 43.0 Å². The number of allylic oxidation sites excluding steroid dienone is 1. The summed E-state index contributed by atoms with van der Waals surface area (Å²) in [6.07, 6.45) is 10.1. The van der Waals surface area contributed by atoms with Gasteiger partial charge in [-0.15, -0.1) is 4.36 Å². The van der Waals surface area contributed by atoms with Crippen LogP contribution in [0.3, 0.4) is 0 Å². The van der Waals surface area contributed by atoms with Gasteiger partial charge in [0.25, 0.3) is 0 Å². The second-order valence-electron chi connectivity index (χ2n) is 12.3. The van der Waals surface area contributed by atoms with Gasteiger partial charge in [-0.3, -0.25) is 4.79 Å². The summed E-state index contributed by atoms with van der Waals surface area (Å²) in [5, 5.41) is 6.81. The molecule has 2 bridgehead atoms. The fourth-order valence-corrected chi connectivity index (χ4v) is 8.77. The quantitative estimate of drug-likeness (QED) is 0.445. The maximum atomic E-state index is 13.2. The molecule has 0 saturated heterocycles. The average Bonchev–Trinajstić information content (AvgIpc) is 3.06. The predicted molar refractivity (Wildman–Crippen MR) is 162 cm³/mol. The van der Waals surface area contributed by atoms with Gasteiger partial charge in [0.15, 0.2) is 11.6 Å². The Labute approximate surface area is 247 Å². The molecule has 41 heavy (non-hydrogen) atoms. The molecule has 220 valence electrons. The van der Waals surface area contributed by atoms with Crippen LogP contribution in [-0.2, 0) is 26.5 Å². The Morgan fingerprint density at radius 3 is 2.88 bits per heavy atom. The third-order valence-corrected chi connectivity index (χ3v) is 11.1. The number of aromatic nitrogens is 1. The van der Waals surface area contributed by atoms with Crippen molar-refractivity contribution in [1.29, 1.82) is 0 Å². The summed E-state index contributed by atoms with van der Waals surface area (Å²) in [4.78, 5) is 20.3. The highest BCUT2D eigenvalue weighted by molar-refractivity contribution is 7.91. The van der Waals surface area contributed by atoms with Crippen molar-refractivity contribution in [3.05, 3.63) is 64.3 Å².